The molecule has 0 spiro atoms. The van der Waals surface area contributed by atoms with Gasteiger partial charge in [-0.15, -0.1) is 0 Å². The van der Waals surface area contributed by atoms with Crippen molar-refractivity contribution in [1.82, 2.24) is 5.43 Å². The minimum atomic E-state index is -0.853. The number of carbonyl (C=O) groups is 2. The molecule has 2 unspecified atom stereocenters. The molecule has 1 aromatic rings. The van der Waals surface area contributed by atoms with E-state index >= 15 is 0 Å². The number of allylic oxidation sites excluding steroid dienone is 4. The number of amides is 2. The summed E-state index contributed by atoms with van der Waals surface area (Å²) in [5.74, 6) is 1.49. The van der Waals surface area contributed by atoms with Gasteiger partial charge >= 0.3 is 0 Å². The maximum absolute atomic E-state index is 13.3. The predicted molar refractivity (Wildman–Crippen MR) is 114 cm³/mol. The summed E-state index contributed by atoms with van der Waals surface area (Å²) in [5, 5.41) is 3.71. The Labute approximate surface area is 172 Å². The first-order valence-corrected chi connectivity index (χ1v) is 10.1. The molecule has 0 radical (unpaired) electrons. The minimum absolute atomic E-state index is 0.109. The van der Waals surface area contributed by atoms with Gasteiger partial charge in [0, 0.05) is 28.6 Å². The summed E-state index contributed by atoms with van der Waals surface area (Å²) >= 11 is 1.11. The van der Waals surface area contributed by atoms with E-state index < -0.39 is 11.3 Å². The molecule has 1 aliphatic carbocycles. The smallest absolute Gasteiger partial charge is 0.299 e. The van der Waals surface area contributed by atoms with Gasteiger partial charge in [-0.05, 0) is 51.1 Å². The Morgan fingerprint density at radius 2 is 1.90 bits per heavy atom. The van der Waals surface area contributed by atoms with Crippen LogP contribution in [0.4, 0.5) is 16.2 Å². The highest BCUT2D eigenvalue weighted by molar-refractivity contribution is 8.14. The lowest BCUT2D eigenvalue weighted by Gasteiger charge is -2.30. The number of nitrogens with two attached hydrogens (primary N) is 1. The number of nitrogens with one attached hydrogen (secondary N) is 1. The molecular weight excluding hydrogens is 388 g/mol. The summed E-state index contributed by atoms with van der Waals surface area (Å²) in [6, 6.07) is 7.05. The van der Waals surface area contributed by atoms with Crippen LogP contribution in [0.15, 0.2) is 58.4 Å². The highest BCUT2D eigenvalue weighted by Gasteiger charge is 2.55. The molecule has 3 aliphatic rings. The van der Waals surface area contributed by atoms with Crippen molar-refractivity contribution in [3.05, 3.63) is 53.3 Å². The van der Waals surface area contributed by atoms with E-state index in [1.807, 2.05) is 26.8 Å². The first-order chi connectivity index (χ1) is 13.8. The number of benzene rings is 1. The number of thioether (sulfide) groups is 1. The molecule has 29 heavy (non-hydrogen) atoms. The maximum atomic E-state index is 13.3. The standard InChI is InChI=1S/C21H20N4O3S/c1-11-18(23-24-20(28)29-11)14-8-9-16-17(15(14)10-26)21(2,3)19(27)25(16)13-6-4-12(22)5-7-13/h4-9,11,17H,22H2,1-3H3,(H,24,28). The SMILES string of the molecule is CC1SC(=O)NN=C1C1=CC=C2C(C1=C=O)C(C)(C)C(=O)N2c1ccc(N)cc1. The van der Waals surface area contributed by atoms with E-state index in [9.17, 15) is 14.4 Å². The number of fused-ring (bicyclic) bond motifs is 1. The fourth-order valence-electron chi connectivity index (χ4n) is 4.07. The van der Waals surface area contributed by atoms with Crippen LogP contribution >= 0.6 is 11.8 Å². The zero-order valence-corrected chi connectivity index (χ0v) is 17.0. The molecule has 2 aliphatic heterocycles. The van der Waals surface area contributed by atoms with Crippen molar-refractivity contribution in [2.75, 3.05) is 10.6 Å². The summed E-state index contributed by atoms with van der Waals surface area (Å²) in [7, 11) is 0. The lowest BCUT2D eigenvalue weighted by Crippen LogP contribution is -2.35. The van der Waals surface area contributed by atoms with Crippen molar-refractivity contribution >= 4 is 45.9 Å². The zero-order chi connectivity index (χ0) is 20.9. The van der Waals surface area contributed by atoms with E-state index in [2.05, 4.69) is 16.5 Å². The monoisotopic (exact) mass is 408 g/mol. The van der Waals surface area contributed by atoms with E-state index in [1.165, 1.54) is 0 Å². The summed E-state index contributed by atoms with van der Waals surface area (Å²) < 4.78 is 0. The van der Waals surface area contributed by atoms with Crippen LogP contribution in [-0.2, 0) is 9.59 Å². The second-order valence-electron chi connectivity index (χ2n) is 7.73. The number of hydrazone groups is 1. The Morgan fingerprint density at radius 3 is 2.52 bits per heavy atom. The van der Waals surface area contributed by atoms with Crippen LogP contribution in [0.5, 0.6) is 0 Å². The Bertz CT molecular complexity index is 1060. The first-order valence-electron chi connectivity index (χ1n) is 9.17. The van der Waals surface area contributed by atoms with E-state index in [0.29, 0.717) is 33.9 Å². The number of carbonyl (C=O) groups excluding carboxylic acids is 3. The third-order valence-corrected chi connectivity index (χ3v) is 6.39. The van der Waals surface area contributed by atoms with Gasteiger partial charge < -0.3 is 5.73 Å². The molecule has 4 rings (SSSR count). The maximum Gasteiger partial charge on any atom is 0.299 e. The highest BCUT2D eigenvalue weighted by Crippen LogP contribution is 2.52. The zero-order valence-electron chi connectivity index (χ0n) is 16.2. The van der Waals surface area contributed by atoms with Gasteiger partial charge in [-0.2, -0.15) is 5.10 Å². The van der Waals surface area contributed by atoms with Crippen molar-refractivity contribution in [2.24, 2.45) is 16.4 Å². The Kier molecular flexibility index (Phi) is 4.48. The van der Waals surface area contributed by atoms with Crippen LogP contribution in [0.3, 0.4) is 0 Å². The van der Waals surface area contributed by atoms with Gasteiger partial charge in [0.2, 0.25) is 5.91 Å². The normalized spacial score (nSPS) is 25.6. The molecule has 0 saturated carbocycles. The molecule has 2 atom stereocenters. The number of hydrogen-bond donors (Lipinski definition) is 2. The molecular formula is C21H20N4O3S. The van der Waals surface area contributed by atoms with Crippen molar-refractivity contribution in [3.8, 4) is 0 Å². The molecule has 2 amide bonds. The predicted octanol–water partition coefficient (Wildman–Crippen LogP) is 3.04. The third-order valence-electron chi connectivity index (χ3n) is 5.50. The second kappa shape index (κ2) is 6.76. The molecule has 3 N–H and O–H groups in total. The molecule has 1 fully saturated rings. The van der Waals surface area contributed by atoms with E-state index in [0.717, 1.165) is 11.8 Å². The Balaban J connectivity index is 1.85. The largest absolute Gasteiger partial charge is 0.399 e. The van der Waals surface area contributed by atoms with Gasteiger partial charge in [0.1, 0.15) is 5.94 Å². The van der Waals surface area contributed by atoms with Crippen LogP contribution in [0.1, 0.15) is 20.8 Å². The summed E-state index contributed by atoms with van der Waals surface area (Å²) in [6.45, 7) is 5.51. The molecule has 1 saturated heterocycles. The molecule has 7 nitrogen and oxygen atoms in total. The van der Waals surface area contributed by atoms with Crippen LogP contribution < -0.4 is 16.1 Å². The number of hydrogen-bond acceptors (Lipinski definition) is 6. The van der Waals surface area contributed by atoms with E-state index in [-0.39, 0.29) is 16.4 Å². The van der Waals surface area contributed by atoms with Gasteiger partial charge in [0.05, 0.1) is 21.9 Å². The van der Waals surface area contributed by atoms with Crippen molar-refractivity contribution in [2.45, 2.75) is 26.0 Å². The summed E-state index contributed by atoms with van der Waals surface area (Å²) in [4.78, 5) is 38.6. The van der Waals surface area contributed by atoms with Crippen molar-refractivity contribution in [3.63, 3.8) is 0 Å². The van der Waals surface area contributed by atoms with Crippen LogP contribution in [0, 0.1) is 11.3 Å². The average molecular weight is 408 g/mol. The molecule has 1 aromatic carbocycles. The average Bonchev–Trinajstić information content (AvgIpc) is 2.88. The molecule has 2 heterocycles. The highest BCUT2D eigenvalue weighted by atomic mass is 32.2. The third kappa shape index (κ3) is 2.92. The van der Waals surface area contributed by atoms with Crippen molar-refractivity contribution in [1.29, 1.82) is 0 Å². The Hall–Kier alpha value is -3.09. The lowest BCUT2D eigenvalue weighted by atomic mass is 9.71. The summed E-state index contributed by atoms with van der Waals surface area (Å²) in [6.07, 6.45) is 3.62. The van der Waals surface area contributed by atoms with Gasteiger partial charge in [-0.25, -0.2) is 10.2 Å². The fourth-order valence-corrected chi connectivity index (χ4v) is 4.78. The van der Waals surface area contributed by atoms with Gasteiger partial charge in [0.25, 0.3) is 5.24 Å². The van der Waals surface area contributed by atoms with Gasteiger partial charge in [-0.1, -0.05) is 17.8 Å². The Morgan fingerprint density at radius 1 is 1.21 bits per heavy atom. The van der Waals surface area contributed by atoms with Gasteiger partial charge in [0.15, 0.2) is 0 Å². The molecule has 0 bridgehead atoms. The van der Waals surface area contributed by atoms with Crippen LogP contribution in [-0.4, -0.2) is 28.0 Å². The molecule has 8 heteroatoms. The number of rotatable bonds is 2. The number of nitrogens with zero attached hydrogens (tertiary/aromatic N) is 2. The van der Waals surface area contributed by atoms with Crippen LogP contribution in [0.25, 0.3) is 0 Å². The first kappa shape index (κ1) is 19.2. The van der Waals surface area contributed by atoms with Crippen molar-refractivity contribution < 1.29 is 14.4 Å². The summed E-state index contributed by atoms with van der Waals surface area (Å²) in [5.41, 5.74) is 11.0. The quantitative estimate of drug-likeness (QED) is 0.578. The second-order valence-corrected chi connectivity index (χ2v) is 9.04. The topological polar surface area (TPSA) is 105 Å². The van der Waals surface area contributed by atoms with Gasteiger partial charge in [-0.3, -0.25) is 14.5 Å². The number of nitrogen functional groups attached to an aromatic ring is 1. The fraction of sp³-hybridized carbons (Fsp3) is 0.286. The minimum Gasteiger partial charge on any atom is -0.399 e. The van der Waals surface area contributed by atoms with Crippen LogP contribution in [0.2, 0.25) is 0 Å². The number of anilines is 2. The molecule has 0 aromatic heterocycles. The lowest BCUT2D eigenvalue weighted by molar-refractivity contribution is -0.124. The molecule has 148 valence electrons. The van der Waals surface area contributed by atoms with E-state index in [4.69, 9.17) is 5.73 Å². The van der Waals surface area contributed by atoms with E-state index in [1.54, 1.807) is 35.2 Å².